The lowest BCUT2D eigenvalue weighted by molar-refractivity contribution is -0.128. The fraction of sp³-hybridized carbons (Fsp3) is 0.364. The minimum Gasteiger partial charge on any atom is -0.414 e. The van der Waals surface area contributed by atoms with Crippen LogP contribution in [0.1, 0.15) is 18.7 Å². The summed E-state index contributed by atoms with van der Waals surface area (Å²) in [5.74, 6) is 0.541. The van der Waals surface area contributed by atoms with Crippen molar-refractivity contribution < 1.29 is 9.21 Å². The van der Waals surface area contributed by atoms with E-state index < -0.39 is 0 Å². The first-order chi connectivity index (χ1) is 10.8. The monoisotopic (exact) mass is 318 g/mol. The molecule has 1 aliphatic heterocycles. The zero-order valence-electron chi connectivity index (χ0n) is 11.3. The summed E-state index contributed by atoms with van der Waals surface area (Å²) in [6, 6.07) is 3.51. The lowest BCUT2D eigenvalue weighted by atomic mass is 10.4. The van der Waals surface area contributed by atoms with E-state index in [4.69, 9.17) is 4.42 Å². The SMILES string of the molecule is O=C1CCCN1Cc1nnc(Sc2ccc3nnnn3n2)o1. The summed E-state index contributed by atoms with van der Waals surface area (Å²) in [5.41, 5.74) is 0.558. The maximum Gasteiger partial charge on any atom is 0.283 e. The molecule has 22 heavy (non-hydrogen) atoms. The second-order valence-electron chi connectivity index (χ2n) is 4.68. The van der Waals surface area contributed by atoms with Gasteiger partial charge in [-0.05, 0) is 40.7 Å². The summed E-state index contributed by atoms with van der Waals surface area (Å²) < 4.78 is 6.86. The number of fused-ring (bicyclic) bond motifs is 1. The van der Waals surface area contributed by atoms with Crippen LogP contribution in [0.15, 0.2) is 26.8 Å². The van der Waals surface area contributed by atoms with Crippen LogP contribution < -0.4 is 0 Å². The van der Waals surface area contributed by atoms with E-state index in [9.17, 15) is 4.79 Å². The van der Waals surface area contributed by atoms with Crippen LogP contribution in [-0.2, 0) is 11.3 Å². The van der Waals surface area contributed by atoms with Gasteiger partial charge in [0.1, 0.15) is 5.03 Å². The van der Waals surface area contributed by atoms with Crippen LogP contribution in [0.2, 0.25) is 0 Å². The zero-order chi connectivity index (χ0) is 14.9. The molecular weight excluding hydrogens is 308 g/mol. The highest BCUT2D eigenvalue weighted by atomic mass is 32.2. The number of hydrogen-bond donors (Lipinski definition) is 0. The third kappa shape index (κ3) is 2.50. The Kier molecular flexibility index (Phi) is 3.18. The number of amides is 1. The van der Waals surface area contributed by atoms with E-state index in [0.29, 0.717) is 34.8 Å². The molecule has 11 heteroatoms. The van der Waals surface area contributed by atoms with Gasteiger partial charge in [0, 0.05) is 13.0 Å². The predicted molar refractivity (Wildman–Crippen MR) is 71.6 cm³/mol. The Balaban J connectivity index is 1.47. The van der Waals surface area contributed by atoms with Crippen molar-refractivity contribution in [2.24, 2.45) is 0 Å². The Morgan fingerprint density at radius 3 is 3.09 bits per heavy atom. The zero-order valence-corrected chi connectivity index (χ0v) is 12.1. The maximum atomic E-state index is 11.6. The summed E-state index contributed by atoms with van der Waals surface area (Å²) in [4.78, 5) is 13.3. The van der Waals surface area contributed by atoms with Crippen molar-refractivity contribution >= 4 is 23.3 Å². The molecule has 10 nitrogen and oxygen atoms in total. The van der Waals surface area contributed by atoms with Gasteiger partial charge in [0.2, 0.25) is 11.8 Å². The highest BCUT2D eigenvalue weighted by molar-refractivity contribution is 7.99. The van der Waals surface area contributed by atoms with E-state index in [1.165, 1.54) is 16.4 Å². The smallest absolute Gasteiger partial charge is 0.283 e. The normalized spacial score (nSPS) is 15.1. The summed E-state index contributed by atoms with van der Waals surface area (Å²) in [6.07, 6.45) is 1.47. The van der Waals surface area contributed by atoms with Crippen molar-refractivity contribution in [3.63, 3.8) is 0 Å². The number of carbonyl (C=O) groups is 1. The fourth-order valence-corrected chi connectivity index (χ4v) is 2.81. The van der Waals surface area contributed by atoms with Gasteiger partial charge in [0.25, 0.3) is 5.22 Å². The lowest BCUT2D eigenvalue weighted by Gasteiger charge is -2.11. The molecular formula is C11H10N8O2S. The highest BCUT2D eigenvalue weighted by Crippen LogP contribution is 2.25. The summed E-state index contributed by atoms with van der Waals surface area (Å²) in [6.45, 7) is 1.09. The van der Waals surface area contributed by atoms with Gasteiger partial charge >= 0.3 is 0 Å². The van der Waals surface area contributed by atoms with Crippen molar-refractivity contribution in [2.75, 3.05) is 6.54 Å². The van der Waals surface area contributed by atoms with Crippen molar-refractivity contribution in [1.29, 1.82) is 0 Å². The Bertz CT molecular complexity index is 830. The maximum absolute atomic E-state index is 11.6. The van der Waals surface area contributed by atoms with Gasteiger partial charge in [-0.15, -0.1) is 25.0 Å². The number of nitrogens with zero attached hydrogens (tertiary/aromatic N) is 8. The van der Waals surface area contributed by atoms with Crippen LogP contribution in [0.3, 0.4) is 0 Å². The van der Waals surface area contributed by atoms with Crippen LogP contribution in [0.5, 0.6) is 0 Å². The summed E-state index contributed by atoms with van der Waals surface area (Å²) in [7, 11) is 0. The molecule has 0 N–H and O–H groups in total. The molecule has 0 atom stereocenters. The molecule has 0 saturated carbocycles. The van der Waals surface area contributed by atoms with Crippen LogP contribution in [0, 0.1) is 0 Å². The second-order valence-corrected chi connectivity index (χ2v) is 5.65. The summed E-state index contributed by atoms with van der Waals surface area (Å²) >= 11 is 1.21. The number of rotatable bonds is 4. The average molecular weight is 318 g/mol. The molecule has 1 amide bonds. The molecule has 1 saturated heterocycles. The molecule has 112 valence electrons. The molecule has 4 heterocycles. The molecule has 3 aromatic rings. The Morgan fingerprint density at radius 1 is 1.27 bits per heavy atom. The van der Waals surface area contributed by atoms with E-state index in [0.717, 1.165) is 13.0 Å². The van der Waals surface area contributed by atoms with E-state index in [2.05, 4.69) is 30.8 Å². The molecule has 0 unspecified atom stereocenters. The van der Waals surface area contributed by atoms with E-state index in [1.807, 2.05) is 0 Å². The number of aromatic nitrogens is 7. The van der Waals surface area contributed by atoms with Gasteiger partial charge in [0.15, 0.2) is 5.65 Å². The van der Waals surface area contributed by atoms with Crippen LogP contribution in [-0.4, -0.2) is 52.8 Å². The van der Waals surface area contributed by atoms with Crippen molar-refractivity contribution in [3.8, 4) is 0 Å². The number of tetrazole rings is 1. The van der Waals surface area contributed by atoms with Crippen molar-refractivity contribution in [2.45, 2.75) is 29.6 Å². The molecule has 0 aliphatic carbocycles. The Hall–Kier alpha value is -2.56. The van der Waals surface area contributed by atoms with E-state index in [1.54, 1.807) is 17.0 Å². The highest BCUT2D eigenvalue weighted by Gasteiger charge is 2.22. The third-order valence-electron chi connectivity index (χ3n) is 3.18. The van der Waals surface area contributed by atoms with Crippen molar-refractivity contribution in [3.05, 3.63) is 18.0 Å². The number of hydrogen-bond acceptors (Lipinski definition) is 9. The van der Waals surface area contributed by atoms with Gasteiger partial charge in [-0.25, -0.2) is 0 Å². The largest absolute Gasteiger partial charge is 0.414 e. The lowest BCUT2D eigenvalue weighted by Crippen LogP contribution is -2.23. The van der Waals surface area contributed by atoms with Gasteiger partial charge in [-0.2, -0.15) is 0 Å². The average Bonchev–Trinajstić information content (AvgIpc) is 3.22. The van der Waals surface area contributed by atoms with Gasteiger partial charge in [-0.3, -0.25) is 4.79 Å². The topological polar surface area (TPSA) is 115 Å². The first-order valence-electron chi connectivity index (χ1n) is 6.61. The van der Waals surface area contributed by atoms with Crippen LogP contribution >= 0.6 is 11.8 Å². The van der Waals surface area contributed by atoms with E-state index >= 15 is 0 Å². The molecule has 1 fully saturated rings. The molecule has 0 radical (unpaired) electrons. The van der Waals surface area contributed by atoms with Gasteiger partial charge in [-0.1, -0.05) is 0 Å². The van der Waals surface area contributed by atoms with Crippen LogP contribution in [0.4, 0.5) is 0 Å². The number of carbonyl (C=O) groups excluding carboxylic acids is 1. The first kappa shape index (κ1) is 13.1. The first-order valence-corrected chi connectivity index (χ1v) is 7.43. The quantitative estimate of drug-likeness (QED) is 0.664. The summed E-state index contributed by atoms with van der Waals surface area (Å²) in [5, 5.41) is 24.1. The minimum atomic E-state index is 0.123. The molecule has 0 spiro atoms. The van der Waals surface area contributed by atoms with Crippen molar-refractivity contribution in [1.82, 2.24) is 40.4 Å². The van der Waals surface area contributed by atoms with Gasteiger partial charge < -0.3 is 9.32 Å². The fourth-order valence-electron chi connectivity index (χ4n) is 2.15. The molecule has 3 aromatic heterocycles. The standard InChI is InChI=1S/C11H10N8O2S/c20-10-2-1-5-18(10)6-8-13-14-11(21-8)22-9-4-3-7-12-16-17-19(7)15-9/h3-4H,1-2,5-6H2. The van der Waals surface area contributed by atoms with Crippen LogP contribution in [0.25, 0.3) is 5.65 Å². The molecule has 4 rings (SSSR count). The Labute approximate surface area is 127 Å². The molecule has 0 aromatic carbocycles. The molecule has 1 aliphatic rings. The molecule has 0 bridgehead atoms. The minimum absolute atomic E-state index is 0.123. The Morgan fingerprint density at radius 2 is 2.23 bits per heavy atom. The predicted octanol–water partition coefficient (Wildman–Crippen LogP) is 0.176. The third-order valence-corrected chi connectivity index (χ3v) is 3.95. The van der Waals surface area contributed by atoms with E-state index in [-0.39, 0.29) is 5.91 Å². The second kappa shape index (κ2) is 5.33. The van der Waals surface area contributed by atoms with Gasteiger partial charge in [0.05, 0.1) is 6.54 Å². The number of likely N-dealkylation sites (tertiary alicyclic amines) is 1.